The summed E-state index contributed by atoms with van der Waals surface area (Å²) in [4.78, 5) is 23.4. The lowest BCUT2D eigenvalue weighted by molar-refractivity contribution is -0.274. The van der Waals surface area contributed by atoms with E-state index in [9.17, 15) is 18.0 Å². The van der Waals surface area contributed by atoms with Crippen LogP contribution in [0.3, 0.4) is 0 Å². The second kappa shape index (κ2) is 7.03. The molecule has 0 radical (unpaired) electrons. The molecule has 2 aromatic heterocycles. The summed E-state index contributed by atoms with van der Waals surface area (Å²) in [5.74, 6) is -0.642. The van der Waals surface area contributed by atoms with Gasteiger partial charge in [-0.25, -0.2) is 4.98 Å². The Labute approximate surface area is 146 Å². The number of hydrogen-bond donors (Lipinski definition) is 2. The van der Waals surface area contributed by atoms with Crippen LogP contribution in [0.1, 0.15) is 12.5 Å². The Morgan fingerprint density at radius 1 is 1.27 bits per heavy atom. The molecule has 0 saturated heterocycles. The van der Waals surface area contributed by atoms with Gasteiger partial charge in [0.05, 0.1) is 17.2 Å². The van der Waals surface area contributed by atoms with E-state index in [0.717, 1.165) is 5.56 Å². The molecule has 1 unspecified atom stereocenters. The quantitative estimate of drug-likeness (QED) is 0.724. The molecule has 0 aliphatic heterocycles. The van der Waals surface area contributed by atoms with Crippen molar-refractivity contribution >= 4 is 22.9 Å². The molecular weight excluding hydrogens is 349 g/mol. The smallest absolute Gasteiger partial charge is 0.406 e. The molecule has 0 spiro atoms. The molecule has 1 atom stereocenters. The van der Waals surface area contributed by atoms with Gasteiger partial charge in [-0.2, -0.15) is 0 Å². The van der Waals surface area contributed by atoms with Crippen molar-refractivity contribution in [3.05, 3.63) is 48.3 Å². The van der Waals surface area contributed by atoms with E-state index in [-0.39, 0.29) is 11.7 Å². The molecule has 0 aliphatic rings. The summed E-state index contributed by atoms with van der Waals surface area (Å²) in [6.45, 7) is 1.72. The van der Waals surface area contributed by atoms with E-state index in [1.807, 2.05) is 0 Å². The number of rotatable bonds is 5. The Morgan fingerprint density at radius 3 is 2.65 bits per heavy atom. The molecule has 2 N–H and O–H groups in total. The standard InChI is InChI=1S/C17H15F3N4O2/c1-10(8-11-2-4-12(5-3-11)26-17(18,19)20)15(25)24-16-22-13-6-7-21-9-14(13)23-16/h2-7,9-10H,8H2,1H3,(H2,22,23,24,25). The summed E-state index contributed by atoms with van der Waals surface area (Å²) in [6.07, 6.45) is -1.16. The third kappa shape index (κ3) is 4.50. The van der Waals surface area contributed by atoms with Gasteiger partial charge >= 0.3 is 6.36 Å². The van der Waals surface area contributed by atoms with Gasteiger partial charge in [0.1, 0.15) is 5.75 Å². The molecule has 0 saturated carbocycles. The van der Waals surface area contributed by atoms with Crippen LogP contribution in [0.15, 0.2) is 42.7 Å². The van der Waals surface area contributed by atoms with Gasteiger partial charge in [0, 0.05) is 12.1 Å². The minimum Gasteiger partial charge on any atom is -0.406 e. The van der Waals surface area contributed by atoms with E-state index in [4.69, 9.17) is 0 Å². The number of fused-ring (bicyclic) bond motifs is 1. The number of anilines is 1. The number of hydrogen-bond acceptors (Lipinski definition) is 4. The Balaban J connectivity index is 1.60. The number of alkyl halides is 3. The van der Waals surface area contributed by atoms with Gasteiger partial charge in [0.25, 0.3) is 0 Å². The van der Waals surface area contributed by atoms with Crippen molar-refractivity contribution in [2.24, 2.45) is 5.92 Å². The number of carbonyl (C=O) groups excluding carboxylic acids is 1. The van der Waals surface area contributed by atoms with E-state index in [2.05, 4.69) is 25.0 Å². The molecule has 0 bridgehead atoms. The lowest BCUT2D eigenvalue weighted by atomic mass is 10.0. The number of amides is 1. The first-order chi connectivity index (χ1) is 12.3. The molecule has 3 rings (SSSR count). The van der Waals surface area contributed by atoms with E-state index in [0.29, 0.717) is 23.4 Å². The molecule has 26 heavy (non-hydrogen) atoms. The highest BCUT2D eigenvalue weighted by atomic mass is 19.4. The molecule has 136 valence electrons. The maximum absolute atomic E-state index is 12.3. The van der Waals surface area contributed by atoms with Gasteiger partial charge in [0.2, 0.25) is 11.9 Å². The summed E-state index contributed by atoms with van der Waals surface area (Å²) in [5, 5.41) is 2.69. The molecule has 6 nitrogen and oxygen atoms in total. The van der Waals surface area contributed by atoms with Crippen LogP contribution in [0.5, 0.6) is 5.75 Å². The zero-order valence-corrected chi connectivity index (χ0v) is 13.7. The van der Waals surface area contributed by atoms with Crippen LogP contribution >= 0.6 is 0 Å². The molecule has 0 aliphatic carbocycles. The summed E-state index contributed by atoms with van der Waals surface area (Å²) in [7, 11) is 0. The van der Waals surface area contributed by atoms with Crippen molar-refractivity contribution in [2.75, 3.05) is 5.32 Å². The zero-order chi connectivity index (χ0) is 18.7. The van der Waals surface area contributed by atoms with Crippen LogP contribution in [-0.2, 0) is 11.2 Å². The number of H-pyrrole nitrogens is 1. The largest absolute Gasteiger partial charge is 0.573 e. The normalized spacial score (nSPS) is 12.8. The fourth-order valence-electron chi connectivity index (χ4n) is 2.43. The average Bonchev–Trinajstić information content (AvgIpc) is 2.97. The molecule has 9 heteroatoms. The first-order valence-electron chi connectivity index (χ1n) is 7.75. The molecule has 3 aromatic rings. The molecule has 1 amide bonds. The van der Waals surface area contributed by atoms with Crippen LogP contribution in [-0.4, -0.2) is 27.2 Å². The Kier molecular flexibility index (Phi) is 4.79. The maximum atomic E-state index is 12.3. The van der Waals surface area contributed by atoms with Crippen molar-refractivity contribution in [2.45, 2.75) is 19.7 Å². The predicted molar refractivity (Wildman–Crippen MR) is 88.5 cm³/mol. The van der Waals surface area contributed by atoms with E-state index >= 15 is 0 Å². The van der Waals surface area contributed by atoms with E-state index in [1.165, 1.54) is 24.3 Å². The highest BCUT2D eigenvalue weighted by molar-refractivity contribution is 5.92. The fourth-order valence-corrected chi connectivity index (χ4v) is 2.43. The number of nitrogens with one attached hydrogen (secondary N) is 2. The van der Waals surface area contributed by atoms with Gasteiger partial charge in [-0.3, -0.25) is 15.1 Å². The molecule has 1 aromatic carbocycles. The van der Waals surface area contributed by atoms with Crippen molar-refractivity contribution in [1.29, 1.82) is 0 Å². The van der Waals surface area contributed by atoms with Crippen LogP contribution in [0, 0.1) is 5.92 Å². The van der Waals surface area contributed by atoms with Gasteiger partial charge in [0.15, 0.2) is 0 Å². The molecule has 2 heterocycles. The second-order valence-corrected chi connectivity index (χ2v) is 5.76. The number of ether oxygens (including phenoxy) is 1. The summed E-state index contributed by atoms with van der Waals surface area (Å²) in [6, 6.07) is 7.16. The van der Waals surface area contributed by atoms with Crippen LogP contribution in [0.4, 0.5) is 19.1 Å². The van der Waals surface area contributed by atoms with Crippen molar-refractivity contribution in [1.82, 2.24) is 15.0 Å². The Morgan fingerprint density at radius 2 is 2.00 bits per heavy atom. The summed E-state index contributed by atoms with van der Waals surface area (Å²) < 4.78 is 40.3. The van der Waals surface area contributed by atoms with Crippen molar-refractivity contribution < 1.29 is 22.7 Å². The minimum atomic E-state index is -4.73. The highest BCUT2D eigenvalue weighted by Crippen LogP contribution is 2.23. The number of pyridine rings is 1. The van der Waals surface area contributed by atoms with E-state index < -0.39 is 12.3 Å². The number of aromatic amines is 1. The maximum Gasteiger partial charge on any atom is 0.573 e. The van der Waals surface area contributed by atoms with Crippen LogP contribution in [0.25, 0.3) is 11.0 Å². The number of carbonyl (C=O) groups is 1. The van der Waals surface area contributed by atoms with Gasteiger partial charge in [-0.1, -0.05) is 19.1 Å². The van der Waals surface area contributed by atoms with Crippen molar-refractivity contribution in [3.63, 3.8) is 0 Å². The summed E-state index contributed by atoms with van der Waals surface area (Å²) in [5.41, 5.74) is 2.11. The monoisotopic (exact) mass is 364 g/mol. The topological polar surface area (TPSA) is 79.9 Å². The molecule has 0 fully saturated rings. The van der Waals surface area contributed by atoms with E-state index in [1.54, 1.807) is 25.4 Å². The SMILES string of the molecule is CC(Cc1ccc(OC(F)(F)F)cc1)C(=O)Nc1nc2ccncc2[nH]1. The van der Waals surface area contributed by atoms with Gasteiger partial charge in [-0.05, 0) is 30.2 Å². The third-order valence-corrected chi connectivity index (χ3v) is 3.67. The minimum absolute atomic E-state index is 0.257. The lowest BCUT2D eigenvalue weighted by Crippen LogP contribution is -2.22. The average molecular weight is 364 g/mol. The summed E-state index contributed by atoms with van der Waals surface area (Å²) >= 11 is 0. The number of halogens is 3. The van der Waals surface area contributed by atoms with Crippen LogP contribution < -0.4 is 10.1 Å². The fraction of sp³-hybridized carbons (Fsp3) is 0.235. The number of benzene rings is 1. The van der Waals surface area contributed by atoms with Gasteiger partial charge in [-0.15, -0.1) is 13.2 Å². The van der Waals surface area contributed by atoms with Gasteiger partial charge < -0.3 is 9.72 Å². The number of nitrogens with zero attached hydrogens (tertiary/aromatic N) is 2. The second-order valence-electron chi connectivity index (χ2n) is 5.76. The third-order valence-electron chi connectivity index (χ3n) is 3.67. The Hall–Kier alpha value is -3.10. The highest BCUT2D eigenvalue weighted by Gasteiger charge is 2.31. The first-order valence-corrected chi connectivity index (χ1v) is 7.75. The van der Waals surface area contributed by atoms with Crippen LogP contribution in [0.2, 0.25) is 0 Å². The zero-order valence-electron chi connectivity index (χ0n) is 13.7. The van der Waals surface area contributed by atoms with Crippen molar-refractivity contribution in [3.8, 4) is 5.75 Å². The number of aromatic nitrogens is 3. The Bertz CT molecular complexity index is 873. The first kappa shape index (κ1) is 17.7. The predicted octanol–water partition coefficient (Wildman–Crippen LogP) is 3.67. The lowest BCUT2D eigenvalue weighted by Gasteiger charge is -2.12. The molecular formula is C17H15F3N4O2. The number of imidazole rings is 1.